The molecular formula is C39H42F3N3O4S. The summed E-state index contributed by atoms with van der Waals surface area (Å²) in [5, 5.41) is 12.8. The number of hydrogen-bond donors (Lipinski definition) is 2. The number of anilines is 1. The van der Waals surface area contributed by atoms with E-state index < -0.39 is 29.8 Å². The van der Waals surface area contributed by atoms with Gasteiger partial charge in [0.25, 0.3) is 5.91 Å². The number of nitrogens with one attached hydrogen (secondary N) is 1. The average molecular weight is 706 g/mol. The van der Waals surface area contributed by atoms with E-state index in [0.29, 0.717) is 25.2 Å². The van der Waals surface area contributed by atoms with Crippen LogP contribution in [0.5, 0.6) is 5.75 Å². The predicted octanol–water partition coefficient (Wildman–Crippen LogP) is 7.70. The van der Waals surface area contributed by atoms with Gasteiger partial charge in [0.2, 0.25) is 5.91 Å². The Morgan fingerprint density at radius 1 is 1.02 bits per heavy atom. The van der Waals surface area contributed by atoms with Gasteiger partial charge in [-0.1, -0.05) is 66.7 Å². The van der Waals surface area contributed by atoms with Gasteiger partial charge in [-0.3, -0.25) is 14.5 Å². The van der Waals surface area contributed by atoms with Gasteiger partial charge in [-0.05, 0) is 80.6 Å². The van der Waals surface area contributed by atoms with Crippen molar-refractivity contribution in [1.29, 1.82) is 0 Å². The number of fused-ring (bicyclic) bond motifs is 1. The first kappa shape index (κ1) is 36.9. The van der Waals surface area contributed by atoms with Gasteiger partial charge in [0.15, 0.2) is 5.75 Å². The molecule has 2 amide bonds. The van der Waals surface area contributed by atoms with Crippen LogP contribution >= 0.6 is 11.8 Å². The number of halogens is 3. The zero-order chi connectivity index (χ0) is 36.0. The Morgan fingerprint density at radius 3 is 2.36 bits per heavy atom. The molecule has 0 radical (unpaired) electrons. The third-order valence-corrected chi connectivity index (χ3v) is 9.70. The van der Waals surface area contributed by atoms with Gasteiger partial charge in [-0.15, -0.1) is 0 Å². The summed E-state index contributed by atoms with van der Waals surface area (Å²) >= 11 is 1.71. The van der Waals surface area contributed by atoms with Gasteiger partial charge in [0.05, 0.1) is 35.9 Å². The number of aryl methyl sites for hydroxylation is 1. The van der Waals surface area contributed by atoms with Gasteiger partial charge in [-0.25, -0.2) is 0 Å². The number of para-hydroxylation sites is 1. The maximum absolute atomic E-state index is 13.8. The predicted molar refractivity (Wildman–Crippen MR) is 189 cm³/mol. The van der Waals surface area contributed by atoms with Crippen LogP contribution in [0.15, 0.2) is 101 Å². The van der Waals surface area contributed by atoms with E-state index in [0.717, 1.165) is 22.6 Å². The monoisotopic (exact) mass is 705 g/mol. The number of carbonyl (C=O) groups excluding carboxylic acids is 2. The Hall–Kier alpha value is -4.32. The molecule has 1 aliphatic rings. The highest BCUT2D eigenvalue weighted by molar-refractivity contribution is 7.99. The normalized spacial score (nSPS) is 17.1. The smallest absolute Gasteiger partial charge is 0.416 e. The van der Waals surface area contributed by atoms with E-state index in [1.807, 2.05) is 14.0 Å². The fourth-order valence-corrected chi connectivity index (χ4v) is 6.85. The molecule has 50 heavy (non-hydrogen) atoms. The Morgan fingerprint density at radius 2 is 1.70 bits per heavy atom. The molecule has 7 nitrogen and oxygen atoms in total. The lowest BCUT2D eigenvalue weighted by molar-refractivity contribution is -0.137. The molecule has 0 spiro atoms. The maximum Gasteiger partial charge on any atom is 0.416 e. The molecule has 11 heteroatoms. The van der Waals surface area contributed by atoms with Crippen LogP contribution in [0.4, 0.5) is 18.9 Å². The van der Waals surface area contributed by atoms with Crippen molar-refractivity contribution in [2.45, 2.75) is 61.8 Å². The molecule has 3 atom stereocenters. The Balaban J connectivity index is 1.33. The molecule has 0 saturated heterocycles. The van der Waals surface area contributed by atoms with Crippen molar-refractivity contribution < 1.29 is 32.6 Å². The van der Waals surface area contributed by atoms with Gasteiger partial charge in [0, 0.05) is 35.3 Å². The molecular weight excluding hydrogens is 664 g/mol. The lowest BCUT2D eigenvalue weighted by Gasteiger charge is -2.38. The number of rotatable bonds is 11. The Labute approximate surface area is 295 Å². The van der Waals surface area contributed by atoms with Gasteiger partial charge in [0.1, 0.15) is 6.10 Å². The van der Waals surface area contributed by atoms with Crippen LogP contribution in [-0.2, 0) is 23.9 Å². The van der Waals surface area contributed by atoms with Crippen LogP contribution in [0.2, 0.25) is 0 Å². The number of benzene rings is 4. The summed E-state index contributed by atoms with van der Waals surface area (Å²) in [4.78, 5) is 33.1. The molecule has 0 saturated carbocycles. The lowest BCUT2D eigenvalue weighted by Crippen LogP contribution is -2.49. The number of carbonyl (C=O) groups is 2. The number of hydrogen-bond acceptors (Lipinski definition) is 6. The van der Waals surface area contributed by atoms with Crippen molar-refractivity contribution in [1.82, 2.24) is 9.80 Å². The van der Waals surface area contributed by atoms with Gasteiger partial charge >= 0.3 is 6.18 Å². The van der Waals surface area contributed by atoms with E-state index >= 15 is 0 Å². The number of nitrogens with zero attached hydrogens (tertiary/aromatic N) is 2. The summed E-state index contributed by atoms with van der Waals surface area (Å²) in [7, 11) is 2.00. The highest BCUT2D eigenvalue weighted by Crippen LogP contribution is 2.36. The molecule has 0 unspecified atom stereocenters. The second-order valence-corrected chi connectivity index (χ2v) is 14.1. The van der Waals surface area contributed by atoms with Gasteiger partial charge < -0.3 is 20.1 Å². The zero-order valence-electron chi connectivity index (χ0n) is 28.5. The van der Waals surface area contributed by atoms with Crippen molar-refractivity contribution >= 4 is 29.3 Å². The third kappa shape index (κ3) is 9.47. The number of ether oxygens (including phenoxy) is 1. The van der Waals surface area contributed by atoms with Crippen molar-refractivity contribution in [3.8, 4) is 5.75 Å². The van der Waals surface area contributed by atoms with Crippen LogP contribution in [-0.4, -0.2) is 65.6 Å². The maximum atomic E-state index is 13.8. The first-order valence-corrected chi connectivity index (χ1v) is 17.3. The summed E-state index contributed by atoms with van der Waals surface area (Å²) in [6.45, 7) is 7.14. The van der Waals surface area contributed by atoms with Crippen LogP contribution in [0.1, 0.15) is 46.5 Å². The van der Waals surface area contributed by atoms with Crippen LogP contribution < -0.4 is 10.1 Å². The topological polar surface area (TPSA) is 82.1 Å². The number of aliphatic hydroxyl groups excluding tert-OH is 1. The second-order valence-electron chi connectivity index (χ2n) is 13.0. The minimum absolute atomic E-state index is 0.146. The van der Waals surface area contributed by atoms with Gasteiger partial charge in [-0.2, -0.15) is 13.2 Å². The quantitative estimate of drug-likeness (QED) is 0.167. The van der Waals surface area contributed by atoms with E-state index in [1.165, 1.54) is 22.6 Å². The Bertz CT molecular complexity index is 1780. The third-order valence-electron chi connectivity index (χ3n) is 8.70. The molecule has 1 heterocycles. The molecule has 1 aliphatic heterocycles. The zero-order valence-corrected chi connectivity index (χ0v) is 29.4. The minimum atomic E-state index is -4.47. The van der Waals surface area contributed by atoms with E-state index in [1.54, 1.807) is 41.8 Å². The number of alkyl halides is 3. The van der Waals surface area contributed by atoms with Crippen molar-refractivity contribution in [3.63, 3.8) is 0 Å². The average Bonchev–Trinajstić information content (AvgIpc) is 3.07. The summed E-state index contributed by atoms with van der Waals surface area (Å²) in [5.41, 5.74) is 2.49. The van der Waals surface area contributed by atoms with E-state index in [-0.39, 0.29) is 41.9 Å². The fraction of sp³-hybridized carbons (Fsp3) is 0.333. The number of amides is 2. The van der Waals surface area contributed by atoms with E-state index in [4.69, 9.17) is 4.74 Å². The molecule has 4 aromatic carbocycles. The van der Waals surface area contributed by atoms with Crippen LogP contribution in [0.3, 0.4) is 0 Å². The molecule has 0 aliphatic carbocycles. The minimum Gasteiger partial charge on any atom is -0.486 e. The summed E-state index contributed by atoms with van der Waals surface area (Å²) in [5.74, 6) is -0.728. The summed E-state index contributed by atoms with van der Waals surface area (Å²) in [6.07, 6.45) is -5.04. The van der Waals surface area contributed by atoms with Crippen molar-refractivity contribution in [2.75, 3.05) is 32.1 Å². The van der Waals surface area contributed by atoms with E-state index in [9.17, 15) is 27.9 Å². The standard InChI is InChI=1S/C39H42F3N3O4S/c1-25-7-5-8-32(19-25)50-31-17-13-29(14-18-31)22-44(4)23-35-26(2)21-45(27(3)24-46)38(48)33-9-6-10-34(37(33)49-35)43-36(47)20-28-11-15-30(16-12-28)39(40,41)42/h5-19,26-27,35,46H,20-24H2,1-4H3,(H,43,47)/t26-,27+,35-/m1/s1. The summed E-state index contributed by atoms with van der Waals surface area (Å²) < 4.78 is 45.7. The van der Waals surface area contributed by atoms with Crippen molar-refractivity contribution in [3.05, 3.63) is 119 Å². The SMILES string of the molecule is Cc1cccc(Sc2ccc(CN(C)C[C@H]3Oc4c(NC(=O)Cc5ccc(C(F)(F)F)cc5)cccc4C(=O)N([C@@H](C)CO)C[C@H]3C)cc2)c1. The molecule has 0 bridgehead atoms. The molecule has 4 aromatic rings. The number of likely N-dealkylation sites (N-methyl/N-ethyl adjacent to an activating group) is 1. The first-order chi connectivity index (χ1) is 23.8. The van der Waals surface area contributed by atoms with Crippen LogP contribution in [0, 0.1) is 12.8 Å². The lowest BCUT2D eigenvalue weighted by atomic mass is 9.98. The molecule has 0 fully saturated rings. The fourth-order valence-electron chi connectivity index (χ4n) is 5.91. The molecule has 264 valence electrons. The second kappa shape index (κ2) is 16.1. The van der Waals surface area contributed by atoms with Crippen molar-refractivity contribution in [2.24, 2.45) is 5.92 Å². The highest BCUT2D eigenvalue weighted by atomic mass is 32.2. The molecule has 2 N–H and O–H groups in total. The molecule has 5 rings (SSSR count). The molecule has 0 aromatic heterocycles. The largest absolute Gasteiger partial charge is 0.486 e. The summed E-state index contributed by atoms with van der Waals surface area (Å²) in [6, 6.07) is 25.7. The Kier molecular flexibility index (Phi) is 11.9. The van der Waals surface area contributed by atoms with E-state index in [2.05, 4.69) is 65.7 Å². The number of aliphatic hydroxyl groups is 1. The van der Waals surface area contributed by atoms with Crippen LogP contribution in [0.25, 0.3) is 0 Å². The first-order valence-electron chi connectivity index (χ1n) is 16.5. The highest BCUT2D eigenvalue weighted by Gasteiger charge is 2.35.